The number of nitrogens with zero attached hydrogens (tertiary/aromatic N) is 2. The van der Waals surface area contributed by atoms with E-state index in [-0.39, 0.29) is 6.61 Å². The van der Waals surface area contributed by atoms with Gasteiger partial charge in [-0.25, -0.2) is 8.57 Å². The lowest BCUT2D eigenvalue weighted by Gasteiger charge is -2.25. The third-order valence-corrected chi connectivity index (χ3v) is 6.35. The molecule has 6 nitrogen and oxygen atoms in total. The second kappa shape index (κ2) is 9.22. The highest BCUT2D eigenvalue weighted by molar-refractivity contribution is 7.93. The van der Waals surface area contributed by atoms with Gasteiger partial charge in [-0.3, -0.25) is 4.90 Å². The summed E-state index contributed by atoms with van der Waals surface area (Å²) in [6, 6.07) is 7.13. The summed E-state index contributed by atoms with van der Waals surface area (Å²) in [4.78, 5) is 3.01. The Balaban J connectivity index is 2.06. The topological polar surface area (TPSA) is 88.2 Å². The van der Waals surface area contributed by atoms with Crippen LogP contribution in [0.1, 0.15) is 12.8 Å². The maximum Gasteiger partial charge on any atom is 0.0752 e. The van der Waals surface area contributed by atoms with E-state index >= 15 is 0 Å². The number of unbranched alkanes of at least 4 members (excludes halogenated alkanes) is 1. The largest absolute Gasteiger partial charge is 0.399 e. The van der Waals surface area contributed by atoms with Gasteiger partial charge in [0, 0.05) is 42.6 Å². The molecular formula is C16H27N3O3S. The number of hydrogen-bond donors (Lipinski definition) is 2. The van der Waals surface area contributed by atoms with Crippen LogP contribution in [0.4, 0.5) is 5.69 Å². The predicted octanol–water partition coefficient (Wildman–Crippen LogP) is 1.20. The minimum Gasteiger partial charge on any atom is -0.399 e. The summed E-state index contributed by atoms with van der Waals surface area (Å²) in [6.45, 7) is 4.78. The molecule has 1 unspecified atom stereocenters. The van der Waals surface area contributed by atoms with E-state index in [9.17, 15) is 4.21 Å². The van der Waals surface area contributed by atoms with Crippen LogP contribution in [-0.2, 0) is 14.5 Å². The monoisotopic (exact) mass is 341 g/mol. The fraction of sp³-hybridized carbons (Fsp3) is 0.625. The highest BCUT2D eigenvalue weighted by atomic mass is 32.2. The van der Waals surface area contributed by atoms with Crippen LogP contribution in [0.25, 0.3) is 0 Å². The number of aliphatic hydroxyl groups is 1. The first kappa shape index (κ1) is 18.2. The van der Waals surface area contributed by atoms with E-state index in [4.69, 9.17) is 15.6 Å². The van der Waals surface area contributed by atoms with Crippen molar-refractivity contribution in [1.29, 1.82) is 0 Å². The van der Waals surface area contributed by atoms with Gasteiger partial charge in [0.15, 0.2) is 0 Å². The van der Waals surface area contributed by atoms with Crippen LogP contribution in [0.3, 0.4) is 0 Å². The summed E-state index contributed by atoms with van der Waals surface area (Å²) in [5.74, 6) is 0.473. The van der Waals surface area contributed by atoms with Crippen LogP contribution >= 0.6 is 0 Å². The normalized spacial score (nSPS) is 18.5. The zero-order valence-electron chi connectivity index (χ0n) is 13.5. The quantitative estimate of drug-likeness (QED) is 0.548. The van der Waals surface area contributed by atoms with Crippen LogP contribution in [0, 0.1) is 0 Å². The standard InChI is InChI=1S/C16H27N3O3S/c17-15-3-5-16(6-4-15)23(21,14-2-1-11-20)18-7-8-19-9-12-22-13-10-19/h3-6,20H,1-2,7-14,17H2. The summed E-state index contributed by atoms with van der Waals surface area (Å²) < 4.78 is 23.2. The zero-order valence-corrected chi connectivity index (χ0v) is 14.3. The van der Waals surface area contributed by atoms with Crippen LogP contribution in [0.5, 0.6) is 0 Å². The number of anilines is 1. The van der Waals surface area contributed by atoms with Crippen LogP contribution in [0.2, 0.25) is 0 Å². The molecule has 1 aromatic carbocycles. The van der Waals surface area contributed by atoms with Crippen molar-refractivity contribution in [2.45, 2.75) is 17.7 Å². The Hall–Kier alpha value is -1.15. The number of ether oxygens (including phenoxy) is 1. The average molecular weight is 341 g/mol. The molecule has 0 radical (unpaired) electrons. The molecule has 1 heterocycles. The summed E-state index contributed by atoms with van der Waals surface area (Å²) in [7, 11) is -2.46. The molecule has 1 fully saturated rings. The van der Waals surface area contributed by atoms with Gasteiger partial charge in [-0.1, -0.05) is 0 Å². The molecule has 0 spiro atoms. The Bertz CT molecular complexity index is 577. The maximum absolute atomic E-state index is 13.3. The number of aliphatic hydroxyl groups excluding tert-OH is 1. The van der Waals surface area contributed by atoms with Gasteiger partial charge >= 0.3 is 0 Å². The first-order valence-electron chi connectivity index (χ1n) is 8.11. The smallest absolute Gasteiger partial charge is 0.0752 e. The first-order chi connectivity index (χ1) is 11.1. The third kappa shape index (κ3) is 5.76. The van der Waals surface area contributed by atoms with Gasteiger partial charge in [0.25, 0.3) is 0 Å². The molecule has 3 N–H and O–H groups in total. The Morgan fingerprint density at radius 2 is 1.91 bits per heavy atom. The van der Waals surface area contributed by atoms with Crippen molar-refractivity contribution < 1.29 is 14.1 Å². The van der Waals surface area contributed by atoms with E-state index < -0.39 is 9.73 Å². The van der Waals surface area contributed by atoms with E-state index in [1.165, 1.54) is 0 Å². The fourth-order valence-electron chi connectivity index (χ4n) is 2.50. The molecule has 0 amide bonds. The highest BCUT2D eigenvalue weighted by Crippen LogP contribution is 2.18. The van der Waals surface area contributed by atoms with Crippen molar-refractivity contribution in [3.05, 3.63) is 24.3 Å². The summed E-state index contributed by atoms with van der Waals surface area (Å²) in [6.07, 6.45) is 1.34. The molecule has 1 aromatic rings. The van der Waals surface area contributed by atoms with Gasteiger partial charge in [-0.2, -0.15) is 0 Å². The van der Waals surface area contributed by atoms with Gasteiger partial charge in [0.1, 0.15) is 0 Å². The fourth-order valence-corrected chi connectivity index (χ4v) is 4.55. The molecule has 130 valence electrons. The SMILES string of the molecule is Nc1ccc(S(=O)(CCCCO)=NCCN2CCOCC2)cc1. The molecule has 0 aliphatic carbocycles. The van der Waals surface area contributed by atoms with Gasteiger partial charge in [0.2, 0.25) is 0 Å². The van der Waals surface area contributed by atoms with Crippen molar-refractivity contribution in [3.8, 4) is 0 Å². The van der Waals surface area contributed by atoms with Gasteiger partial charge in [-0.15, -0.1) is 0 Å². The Kier molecular flexibility index (Phi) is 7.29. The molecular weight excluding hydrogens is 314 g/mol. The molecule has 1 saturated heterocycles. The summed E-state index contributed by atoms with van der Waals surface area (Å²) in [5.41, 5.74) is 6.37. The number of morpholine rings is 1. The van der Waals surface area contributed by atoms with E-state index in [0.29, 0.717) is 30.8 Å². The minimum absolute atomic E-state index is 0.116. The minimum atomic E-state index is -2.46. The Labute approximate surface area is 138 Å². The molecule has 1 aliphatic rings. The second-order valence-corrected chi connectivity index (χ2v) is 8.07. The molecule has 1 aliphatic heterocycles. The third-order valence-electron chi connectivity index (χ3n) is 3.90. The maximum atomic E-state index is 13.3. The van der Waals surface area contributed by atoms with Crippen molar-refractivity contribution in [2.75, 3.05) is 57.5 Å². The average Bonchev–Trinajstić information content (AvgIpc) is 2.57. The van der Waals surface area contributed by atoms with E-state index in [1.807, 2.05) is 0 Å². The number of rotatable bonds is 8. The van der Waals surface area contributed by atoms with Gasteiger partial charge < -0.3 is 15.6 Å². The van der Waals surface area contributed by atoms with E-state index in [0.717, 1.165) is 37.7 Å². The van der Waals surface area contributed by atoms with Crippen molar-refractivity contribution in [2.24, 2.45) is 4.36 Å². The molecule has 0 bridgehead atoms. The van der Waals surface area contributed by atoms with E-state index in [2.05, 4.69) is 9.26 Å². The first-order valence-corrected chi connectivity index (χ1v) is 9.79. The van der Waals surface area contributed by atoms with Crippen molar-refractivity contribution >= 4 is 15.4 Å². The number of nitrogen functional groups attached to an aromatic ring is 1. The lowest BCUT2D eigenvalue weighted by Crippen LogP contribution is -2.37. The Morgan fingerprint density at radius 3 is 2.57 bits per heavy atom. The lowest BCUT2D eigenvalue weighted by atomic mass is 10.3. The second-order valence-electron chi connectivity index (χ2n) is 5.65. The Morgan fingerprint density at radius 1 is 1.22 bits per heavy atom. The molecule has 1 atom stereocenters. The van der Waals surface area contributed by atoms with Crippen LogP contribution in [0.15, 0.2) is 33.5 Å². The predicted molar refractivity (Wildman–Crippen MR) is 93.0 cm³/mol. The lowest BCUT2D eigenvalue weighted by molar-refractivity contribution is 0.0395. The molecule has 0 aromatic heterocycles. The number of benzene rings is 1. The molecule has 2 rings (SSSR count). The van der Waals surface area contributed by atoms with Gasteiger partial charge in [0.05, 0.1) is 29.5 Å². The molecule has 23 heavy (non-hydrogen) atoms. The highest BCUT2D eigenvalue weighted by Gasteiger charge is 2.14. The van der Waals surface area contributed by atoms with Crippen molar-refractivity contribution in [1.82, 2.24) is 4.90 Å². The number of hydrogen-bond acceptors (Lipinski definition) is 6. The van der Waals surface area contributed by atoms with E-state index in [1.54, 1.807) is 24.3 Å². The van der Waals surface area contributed by atoms with Crippen molar-refractivity contribution in [3.63, 3.8) is 0 Å². The van der Waals surface area contributed by atoms with Crippen LogP contribution < -0.4 is 5.73 Å². The summed E-state index contributed by atoms with van der Waals surface area (Å²) >= 11 is 0. The van der Waals surface area contributed by atoms with Crippen LogP contribution in [-0.4, -0.2) is 66.0 Å². The number of nitrogens with two attached hydrogens (primary N) is 1. The molecule has 7 heteroatoms. The molecule has 0 saturated carbocycles. The van der Waals surface area contributed by atoms with Gasteiger partial charge in [-0.05, 0) is 37.1 Å². The zero-order chi connectivity index (χ0) is 16.5. The summed E-state index contributed by atoms with van der Waals surface area (Å²) in [5, 5.41) is 8.96.